The van der Waals surface area contributed by atoms with Crippen LogP contribution in [0.25, 0.3) is 11.3 Å². The summed E-state index contributed by atoms with van der Waals surface area (Å²) in [5.41, 5.74) is 1.14. The van der Waals surface area contributed by atoms with Gasteiger partial charge in [0.1, 0.15) is 5.69 Å². The Kier molecular flexibility index (Phi) is 4.75. The zero-order valence-electron chi connectivity index (χ0n) is 13.6. The van der Waals surface area contributed by atoms with Crippen molar-refractivity contribution >= 4 is 5.97 Å². The van der Waals surface area contributed by atoms with Crippen molar-refractivity contribution in [2.75, 3.05) is 0 Å². The van der Waals surface area contributed by atoms with E-state index < -0.39 is 17.7 Å². The molecule has 2 heterocycles. The van der Waals surface area contributed by atoms with Gasteiger partial charge >= 0.3 is 12.1 Å². The van der Waals surface area contributed by atoms with Crippen LogP contribution in [0.1, 0.15) is 27.4 Å². The standard InChI is InChI=1S/C18H13F3N2O3/c1-11-2-3-13(9-22-11)17(24)25-10-15-8-16(23-26-15)12-4-6-14(7-5-12)18(19,20)21/h2-9H,10H2,1H3. The summed E-state index contributed by atoms with van der Waals surface area (Å²) in [5, 5.41) is 3.78. The van der Waals surface area contributed by atoms with E-state index in [2.05, 4.69) is 10.1 Å². The van der Waals surface area contributed by atoms with E-state index in [4.69, 9.17) is 9.26 Å². The molecule has 0 saturated carbocycles. The molecule has 8 heteroatoms. The Balaban J connectivity index is 1.64. The Morgan fingerprint density at radius 3 is 2.50 bits per heavy atom. The Labute approximate surface area is 146 Å². The van der Waals surface area contributed by atoms with Gasteiger partial charge in [0.25, 0.3) is 0 Å². The van der Waals surface area contributed by atoms with Crippen LogP contribution < -0.4 is 0 Å². The molecule has 0 atom stereocenters. The normalized spacial score (nSPS) is 11.4. The third kappa shape index (κ3) is 4.08. The average molecular weight is 362 g/mol. The molecule has 0 amide bonds. The quantitative estimate of drug-likeness (QED) is 0.643. The SMILES string of the molecule is Cc1ccc(C(=O)OCc2cc(-c3ccc(C(F)(F)F)cc3)no2)cn1. The minimum atomic E-state index is -4.40. The van der Waals surface area contributed by atoms with E-state index in [1.165, 1.54) is 24.4 Å². The lowest BCUT2D eigenvalue weighted by Gasteiger charge is -2.06. The summed E-state index contributed by atoms with van der Waals surface area (Å²) in [6, 6.07) is 9.32. The second-order valence-corrected chi connectivity index (χ2v) is 5.52. The van der Waals surface area contributed by atoms with Gasteiger partial charge in [0.2, 0.25) is 0 Å². The second-order valence-electron chi connectivity index (χ2n) is 5.52. The zero-order chi connectivity index (χ0) is 18.7. The van der Waals surface area contributed by atoms with E-state index in [-0.39, 0.29) is 12.4 Å². The van der Waals surface area contributed by atoms with Crippen molar-refractivity contribution in [1.29, 1.82) is 0 Å². The molecule has 3 rings (SSSR count). The fraction of sp³-hybridized carbons (Fsp3) is 0.167. The van der Waals surface area contributed by atoms with Gasteiger partial charge in [0, 0.05) is 23.5 Å². The number of esters is 1. The number of pyridine rings is 1. The monoisotopic (exact) mass is 362 g/mol. The summed E-state index contributed by atoms with van der Waals surface area (Å²) in [7, 11) is 0. The van der Waals surface area contributed by atoms with Crippen molar-refractivity contribution in [3.05, 3.63) is 71.2 Å². The Morgan fingerprint density at radius 1 is 1.15 bits per heavy atom. The van der Waals surface area contributed by atoms with E-state index in [0.717, 1.165) is 17.8 Å². The molecule has 5 nitrogen and oxygen atoms in total. The highest BCUT2D eigenvalue weighted by Gasteiger charge is 2.30. The molecule has 134 valence electrons. The maximum atomic E-state index is 12.6. The molecule has 0 fully saturated rings. The number of alkyl halides is 3. The number of rotatable bonds is 4. The molecule has 0 spiro atoms. The van der Waals surface area contributed by atoms with Crippen LogP contribution in [0.15, 0.2) is 53.2 Å². The lowest BCUT2D eigenvalue weighted by molar-refractivity contribution is -0.137. The molecule has 2 aromatic heterocycles. The predicted octanol–water partition coefficient (Wildman–Crippen LogP) is 4.42. The van der Waals surface area contributed by atoms with Crippen LogP contribution in [0.2, 0.25) is 0 Å². The van der Waals surface area contributed by atoms with E-state index in [1.807, 2.05) is 0 Å². The summed E-state index contributed by atoms with van der Waals surface area (Å²) >= 11 is 0. The van der Waals surface area contributed by atoms with Crippen LogP contribution in [-0.2, 0) is 17.5 Å². The smallest absolute Gasteiger partial charge is 0.416 e. The molecule has 0 aliphatic heterocycles. The third-order valence-corrected chi connectivity index (χ3v) is 3.56. The fourth-order valence-electron chi connectivity index (χ4n) is 2.16. The van der Waals surface area contributed by atoms with Crippen LogP contribution in [0.3, 0.4) is 0 Å². The number of hydrogen-bond acceptors (Lipinski definition) is 5. The molecule has 0 unspecified atom stereocenters. The molecular weight excluding hydrogens is 349 g/mol. The molecule has 0 aliphatic carbocycles. The first-order valence-electron chi connectivity index (χ1n) is 7.56. The van der Waals surface area contributed by atoms with Crippen LogP contribution in [0.5, 0.6) is 0 Å². The highest BCUT2D eigenvalue weighted by molar-refractivity contribution is 5.88. The second kappa shape index (κ2) is 6.99. The van der Waals surface area contributed by atoms with Crippen molar-refractivity contribution in [2.45, 2.75) is 19.7 Å². The first kappa shape index (κ1) is 17.7. The summed E-state index contributed by atoms with van der Waals surface area (Å²) in [6.45, 7) is 1.65. The molecule has 0 N–H and O–H groups in total. The fourth-order valence-corrected chi connectivity index (χ4v) is 2.16. The van der Waals surface area contributed by atoms with Gasteiger partial charge in [-0.2, -0.15) is 13.2 Å². The van der Waals surface area contributed by atoms with Gasteiger partial charge in [-0.05, 0) is 31.2 Å². The van der Waals surface area contributed by atoms with E-state index in [9.17, 15) is 18.0 Å². The van der Waals surface area contributed by atoms with Gasteiger partial charge in [0.15, 0.2) is 12.4 Å². The van der Waals surface area contributed by atoms with Crippen LogP contribution in [0, 0.1) is 6.92 Å². The van der Waals surface area contributed by atoms with Gasteiger partial charge in [0.05, 0.1) is 11.1 Å². The molecule has 0 radical (unpaired) electrons. The maximum absolute atomic E-state index is 12.6. The summed E-state index contributed by atoms with van der Waals surface area (Å²) in [5.74, 6) is -0.293. The summed E-state index contributed by atoms with van der Waals surface area (Å²) in [4.78, 5) is 15.9. The zero-order valence-corrected chi connectivity index (χ0v) is 13.6. The van der Waals surface area contributed by atoms with Crippen molar-refractivity contribution in [1.82, 2.24) is 10.1 Å². The van der Waals surface area contributed by atoms with Crippen LogP contribution in [-0.4, -0.2) is 16.1 Å². The number of carbonyl (C=O) groups is 1. The lowest BCUT2D eigenvalue weighted by Crippen LogP contribution is -2.05. The van der Waals surface area contributed by atoms with E-state index in [1.54, 1.807) is 19.1 Å². The minimum absolute atomic E-state index is 0.152. The van der Waals surface area contributed by atoms with Crippen molar-refractivity contribution in [3.8, 4) is 11.3 Å². The Hall–Kier alpha value is -3.16. The van der Waals surface area contributed by atoms with Crippen molar-refractivity contribution < 1.29 is 27.2 Å². The molecule has 3 aromatic rings. The number of hydrogen-bond donors (Lipinski definition) is 0. The number of aryl methyl sites for hydroxylation is 1. The van der Waals surface area contributed by atoms with Gasteiger partial charge in [-0.15, -0.1) is 0 Å². The molecular formula is C18H13F3N2O3. The van der Waals surface area contributed by atoms with Crippen LogP contribution >= 0.6 is 0 Å². The van der Waals surface area contributed by atoms with Gasteiger partial charge in [-0.3, -0.25) is 4.98 Å². The minimum Gasteiger partial charge on any atom is -0.454 e. The van der Waals surface area contributed by atoms with Crippen molar-refractivity contribution in [3.63, 3.8) is 0 Å². The number of benzene rings is 1. The number of carbonyl (C=O) groups excluding carboxylic acids is 1. The number of nitrogens with zero attached hydrogens (tertiary/aromatic N) is 2. The Morgan fingerprint density at radius 2 is 1.88 bits per heavy atom. The molecule has 1 aromatic carbocycles. The largest absolute Gasteiger partial charge is 0.454 e. The van der Waals surface area contributed by atoms with Gasteiger partial charge < -0.3 is 9.26 Å². The summed E-state index contributed by atoms with van der Waals surface area (Å²) in [6.07, 6.45) is -2.99. The van der Waals surface area contributed by atoms with Crippen molar-refractivity contribution in [2.24, 2.45) is 0 Å². The van der Waals surface area contributed by atoms with Gasteiger partial charge in [-0.25, -0.2) is 4.79 Å². The maximum Gasteiger partial charge on any atom is 0.416 e. The molecule has 0 bridgehead atoms. The average Bonchev–Trinajstić information content (AvgIpc) is 3.09. The van der Waals surface area contributed by atoms with Crippen LogP contribution in [0.4, 0.5) is 13.2 Å². The topological polar surface area (TPSA) is 65.2 Å². The third-order valence-electron chi connectivity index (χ3n) is 3.56. The summed E-state index contributed by atoms with van der Waals surface area (Å²) < 4.78 is 47.9. The lowest BCUT2D eigenvalue weighted by atomic mass is 10.1. The predicted molar refractivity (Wildman–Crippen MR) is 85.0 cm³/mol. The first-order chi connectivity index (χ1) is 12.3. The first-order valence-corrected chi connectivity index (χ1v) is 7.56. The highest BCUT2D eigenvalue weighted by Crippen LogP contribution is 2.30. The highest BCUT2D eigenvalue weighted by atomic mass is 19.4. The number of aromatic nitrogens is 2. The van der Waals surface area contributed by atoms with E-state index >= 15 is 0 Å². The number of ether oxygens (including phenoxy) is 1. The number of halogens is 3. The Bertz CT molecular complexity index is 901. The van der Waals surface area contributed by atoms with Gasteiger partial charge in [-0.1, -0.05) is 17.3 Å². The molecule has 26 heavy (non-hydrogen) atoms. The molecule has 0 saturated heterocycles. The molecule has 0 aliphatic rings. The van der Waals surface area contributed by atoms with E-state index in [0.29, 0.717) is 16.8 Å².